The molecule has 19 heavy (non-hydrogen) atoms. The number of phenolic OH excluding ortho intramolecular Hbond substituents is 2. The van der Waals surface area contributed by atoms with Crippen LogP contribution in [0.15, 0.2) is 18.2 Å². The van der Waals surface area contributed by atoms with Crippen LogP contribution in [-0.4, -0.2) is 32.2 Å². The molecule has 0 aliphatic rings. The summed E-state index contributed by atoms with van der Waals surface area (Å²) in [5.74, 6) is 0.458. The van der Waals surface area contributed by atoms with Crippen molar-refractivity contribution in [3.63, 3.8) is 0 Å². The van der Waals surface area contributed by atoms with Crippen molar-refractivity contribution in [3.8, 4) is 11.5 Å². The fourth-order valence-electron chi connectivity index (χ4n) is 1.44. The van der Waals surface area contributed by atoms with Crippen molar-refractivity contribution < 1.29 is 10.2 Å². The molecule has 0 radical (unpaired) electrons. The third-order valence-corrected chi connectivity index (χ3v) is 2.37. The zero-order chi connectivity index (χ0) is 13.8. The lowest BCUT2D eigenvalue weighted by Gasteiger charge is -2.07. The number of aromatic nitrogens is 3. The van der Waals surface area contributed by atoms with Crippen molar-refractivity contribution in [3.05, 3.63) is 23.8 Å². The summed E-state index contributed by atoms with van der Waals surface area (Å²) in [6.45, 7) is 0.375. The van der Waals surface area contributed by atoms with E-state index in [9.17, 15) is 10.2 Å². The molecule has 8 heteroatoms. The molecule has 1 aromatic heterocycles. The van der Waals surface area contributed by atoms with E-state index < -0.39 is 0 Å². The molecule has 0 unspecified atom stereocenters. The van der Waals surface area contributed by atoms with Gasteiger partial charge in [0.05, 0.1) is 0 Å². The molecule has 2 rings (SSSR count). The first-order chi connectivity index (χ1) is 9.08. The number of nitrogen functional groups attached to an aromatic ring is 1. The van der Waals surface area contributed by atoms with Gasteiger partial charge in [0.2, 0.25) is 17.8 Å². The smallest absolute Gasteiger partial charge is 0.229 e. The number of rotatable bonds is 4. The van der Waals surface area contributed by atoms with Gasteiger partial charge in [-0.2, -0.15) is 15.0 Å². The summed E-state index contributed by atoms with van der Waals surface area (Å²) < 4.78 is 0. The number of hydrogen-bond acceptors (Lipinski definition) is 8. The predicted octanol–water partition coefficient (Wildman–Crippen LogP) is 0.519. The molecule has 0 amide bonds. The average molecular weight is 262 g/mol. The summed E-state index contributed by atoms with van der Waals surface area (Å²) in [5.41, 5.74) is 6.30. The van der Waals surface area contributed by atoms with E-state index in [0.717, 1.165) is 5.56 Å². The number of nitrogens with two attached hydrogens (primary N) is 1. The number of aromatic hydroxyl groups is 2. The monoisotopic (exact) mass is 262 g/mol. The van der Waals surface area contributed by atoms with Gasteiger partial charge in [0, 0.05) is 13.6 Å². The highest BCUT2D eigenvalue weighted by atomic mass is 16.3. The van der Waals surface area contributed by atoms with Gasteiger partial charge >= 0.3 is 0 Å². The Morgan fingerprint density at radius 3 is 2.53 bits per heavy atom. The van der Waals surface area contributed by atoms with Crippen molar-refractivity contribution in [2.45, 2.75) is 6.54 Å². The van der Waals surface area contributed by atoms with Gasteiger partial charge < -0.3 is 26.6 Å². The molecule has 1 heterocycles. The number of phenols is 2. The predicted molar refractivity (Wildman–Crippen MR) is 70.9 cm³/mol. The van der Waals surface area contributed by atoms with E-state index >= 15 is 0 Å². The van der Waals surface area contributed by atoms with Crippen molar-refractivity contribution in [1.29, 1.82) is 0 Å². The molecule has 0 aliphatic carbocycles. The first-order valence-electron chi connectivity index (χ1n) is 5.52. The third-order valence-electron chi connectivity index (χ3n) is 2.37. The van der Waals surface area contributed by atoms with E-state index in [1.165, 1.54) is 12.1 Å². The van der Waals surface area contributed by atoms with Gasteiger partial charge in [-0.25, -0.2) is 0 Å². The molecule has 0 spiro atoms. The first kappa shape index (κ1) is 12.7. The van der Waals surface area contributed by atoms with Crippen LogP contribution in [-0.2, 0) is 6.54 Å². The Kier molecular flexibility index (Phi) is 3.51. The third kappa shape index (κ3) is 3.12. The Bertz CT molecular complexity index is 589. The van der Waals surface area contributed by atoms with Crippen LogP contribution in [0.1, 0.15) is 5.56 Å². The summed E-state index contributed by atoms with van der Waals surface area (Å²) in [4.78, 5) is 11.9. The molecule has 1 aromatic carbocycles. The normalized spacial score (nSPS) is 10.2. The van der Waals surface area contributed by atoms with Crippen LogP contribution in [0.2, 0.25) is 0 Å². The second kappa shape index (κ2) is 5.25. The summed E-state index contributed by atoms with van der Waals surface area (Å²) in [6, 6.07) is 4.53. The van der Waals surface area contributed by atoms with Crippen LogP contribution in [0.4, 0.5) is 17.8 Å². The molecule has 0 saturated heterocycles. The van der Waals surface area contributed by atoms with Crippen LogP contribution in [0.25, 0.3) is 0 Å². The minimum absolute atomic E-state index is 0.107. The number of hydrogen-bond donors (Lipinski definition) is 5. The highest BCUT2D eigenvalue weighted by Gasteiger charge is 2.04. The van der Waals surface area contributed by atoms with Crippen LogP contribution in [0, 0.1) is 0 Å². The van der Waals surface area contributed by atoms with Gasteiger partial charge in [-0.05, 0) is 17.7 Å². The Hall–Kier alpha value is -2.77. The molecule has 0 saturated carbocycles. The van der Waals surface area contributed by atoms with Crippen molar-refractivity contribution in [1.82, 2.24) is 15.0 Å². The molecule has 2 aromatic rings. The molecular formula is C11H14N6O2. The molecule has 100 valence electrons. The molecule has 0 fully saturated rings. The SMILES string of the molecule is CNc1nc(N)nc(NCc2ccc(O)c(O)c2)n1. The van der Waals surface area contributed by atoms with Crippen molar-refractivity contribution in [2.75, 3.05) is 23.4 Å². The largest absolute Gasteiger partial charge is 0.504 e. The van der Waals surface area contributed by atoms with E-state index in [1.54, 1.807) is 13.1 Å². The van der Waals surface area contributed by atoms with Crippen molar-refractivity contribution in [2.24, 2.45) is 0 Å². The lowest BCUT2D eigenvalue weighted by molar-refractivity contribution is 0.403. The summed E-state index contributed by atoms with van der Waals surface area (Å²) in [5, 5.41) is 24.3. The van der Waals surface area contributed by atoms with Gasteiger partial charge in [-0.1, -0.05) is 6.07 Å². The van der Waals surface area contributed by atoms with E-state index in [4.69, 9.17) is 5.73 Å². The second-order valence-electron chi connectivity index (χ2n) is 3.77. The summed E-state index contributed by atoms with van der Waals surface area (Å²) >= 11 is 0. The number of nitrogens with one attached hydrogen (secondary N) is 2. The van der Waals surface area contributed by atoms with Gasteiger partial charge in [-0.15, -0.1) is 0 Å². The topological polar surface area (TPSA) is 129 Å². The zero-order valence-corrected chi connectivity index (χ0v) is 10.3. The second-order valence-corrected chi connectivity index (χ2v) is 3.77. The number of anilines is 3. The lowest BCUT2D eigenvalue weighted by Crippen LogP contribution is -2.09. The maximum absolute atomic E-state index is 9.37. The van der Waals surface area contributed by atoms with Gasteiger partial charge in [0.1, 0.15) is 0 Å². The van der Waals surface area contributed by atoms with Crippen LogP contribution in [0.3, 0.4) is 0 Å². The first-order valence-corrected chi connectivity index (χ1v) is 5.52. The van der Waals surface area contributed by atoms with Crippen molar-refractivity contribution >= 4 is 17.8 Å². The van der Waals surface area contributed by atoms with Gasteiger partial charge in [0.25, 0.3) is 0 Å². The number of nitrogens with zero attached hydrogens (tertiary/aromatic N) is 3. The van der Waals surface area contributed by atoms with Crippen LogP contribution < -0.4 is 16.4 Å². The van der Waals surface area contributed by atoms with E-state index in [2.05, 4.69) is 25.6 Å². The van der Waals surface area contributed by atoms with E-state index in [1.807, 2.05) is 0 Å². The average Bonchev–Trinajstić information content (AvgIpc) is 2.39. The van der Waals surface area contributed by atoms with Crippen LogP contribution in [0.5, 0.6) is 11.5 Å². The van der Waals surface area contributed by atoms with E-state index in [-0.39, 0.29) is 17.4 Å². The fourth-order valence-corrected chi connectivity index (χ4v) is 1.44. The molecule has 0 atom stereocenters. The zero-order valence-electron chi connectivity index (χ0n) is 10.3. The summed E-state index contributed by atoms with van der Waals surface area (Å²) in [7, 11) is 1.68. The van der Waals surface area contributed by atoms with Gasteiger partial charge in [0.15, 0.2) is 11.5 Å². The minimum atomic E-state index is -0.176. The molecule has 8 nitrogen and oxygen atoms in total. The Balaban J connectivity index is 2.09. The standard InChI is InChI=1S/C11H14N6O2/c1-13-10-15-9(12)16-11(17-10)14-5-6-2-3-7(18)8(19)4-6/h2-4,18-19H,5H2,1H3,(H4,12,13,14,15,16,17). The Morgan fingerprint density at radius 2 is 1.84 bits per heavy atom. The molecule has 0 aliphatic heterocycles. The Labute approximate surface area is 109 Å². The van der Waals surface area contributed by atoms with E-state index in [0.29, 0.717) is 18.4 Å². The lowest BCUT2D eigenvalue weighted by atomic mass is 10.2. The molecule has 0 bridgehead atoms. The highest BCUT2D eigenvalue weighted by Crippen LogP contribution is 2.25. The van der Waals surface area contributed by atoms with Gasteiger partial charge in [-0.3, -0.25) is 0 Å². The maximum atomic E-state index is 9.37. The quantitative estimate of drug-likeness (QED) is 0.504. The number of benzene rings is 1. The Morgan fingerprint density at radius 1 is 1.11 bits per heavy atom. The maximum Gasteiger partial charge on any atom is 0.229 e. The fraction of sp³-hybridized carbons (Fsp3) is 0.182. The van der Waals surface area contributed by atoms with Crippen LogP contribution >= 0.6 is 0 Å². The summed E-state index contributed by atoms with van der Waals surface area (Å²) in [6.07, 6.45) is 0. The molecular weight excluding hydrogens is 248 g/mol. The molecule has 6 N–H and O–H groups in total. The minimum Gasteiger partial charge on any atom is -0.504 e. The highest BCUT2D eigenvalue weighted by molar-refractivity contribution is 5.43.